The van der Waals surface area contributed by atoms with Gasteiger partial charge in [-0.05, 0) is 52.3 Å². The van der Waals surface area contributed by atoms with Crippen LogP contribution >= 0.6 is 0 Å². The van der Waals surface area contributed by atoms with Crippen molar-refractivity contribution < 1.29 is 14.2 Å². The number of nitrogens with two attached hydrogens (primary N) is 1. The average Bonchev–Trinajstić information content (AvgIpc) is 2.60. The van der Waals surface area contributed by atoms with Gasteiger partial charge in [-0.1, -0.05) is 0 Å². The first-order valence-corrected chi connectivity index (χ1v) is 8.96. The maximum absolute atomic E-state index is 12.9. The summed E-state index contributed by atoms with van der Waals surface area (Å²) in [5.74, 6) is 1.66. The summed E-state index contributed by atoms with van der Waals surface area (Å²) in [6.45, 7) is 8.43. The Morgan fingerprint density at radius 1 is 0.960 bits per heavy atom. The number of hydrogen-bond donors (Lipinski definition) is 1. The highest BCUT2D eigenvalue weighted by Gasteiger charge is 2.19. The van der Waals surface area contributed by atoms with Crippen molar-refractivity contribution in [2.75, 3.05) is 26.4 Å². The van der Waals surface area contributed by atoms with Crippen LogP contribution in [-0.4, -0.2) is 30.9 Å². The quantitative estimate of drug-likeness (QED) is 0.668. The predicted molar refractivity (Wildman–Crippen MR) is 100 cm³/mol. The molecule has 25 heavy (non-hydrogen) atoms. The molecule has 1 heterocycles. The van der Waals surface area contributed by atoms with Crippen LogP contribution < -0.4 is 25.5 Å². The second-order valence-corrected chi connectivity index (χ2v) is 5.60. The minimum atomic E-state index is -0.0560. The number of hydrogen-bond acceptors (Lipinski definition) is 5. The van der Waals surface area contributed by atoms with Crippen molar-refractivity contribution in [3.05, 3.63) is 28.7 Å². The molecule has 0 fully saturated rings. The number of rotatable bonds is 10. The highest BCUT2D eigenvalue weighted by atomic mass is 16.5. The predicted octanol–water partition coefficient (Wildman–Crippen LogP) is 2.94. The van der Waals surface area contributed by atoms with E-state index in [1.165, 1.54) is 0 Å². The van der Waals surface area contributed by atoms with Crippen LogP contribution in [0.4, 0.5) is 0 Å². The van der Waals surface area contributed by atoms with Crippen molar-refractivity contribution in [1.29, 1.82) is 0 Å². The molecule has 0 saturated carbocycles. The third kappa shape index (κ3) is 4.25. The molecule has 0 aliphatic rings. The van der Waals surface area contributed by atoms with E-state index in [4.69, 9.17) is 19.9 Å². The van der Waals surface area contributed by atoms with E-state index >= 15 is 0 Å². The van der Waals surface area contributed by atoms with E-state index in [2.05, 4.69) is 0 Å². The van der Waals surface area contributed by atoms with E-state index in [0.717, 1.165) is 18.2 Å². The number of pyridine rings is 1. The molecule has 0 radical (unpaired) electrons. The fourth-order valence-electron chi connectivity index (χ4n) is 2.79. The van der Waals surface area contributed by atoms with Crippen LogP contribution in [-0.2, 0) is 6.54 Å². The van der Waals surface area contributed by atoms with Crippen LogP contribution in [0.5, 0.6) is 17.2 Å². The van der Waals surface area contributed by atoms with Gasteiger partial charge in [0.25, 0.3) is 5.56 Å². The molecule has 6 heteroatoms. The van der Waals surface area contributed by atoms with E-state index in [1.54, 1.807) is 16.8 Å². The first-order chi connectivity index (χ1) is 12.2. The number of benzene rings is 1. The molecular weight excluding hydrogens is 320 g/mol. The molecule has 1 aromatic carbocycles. The summed E-state index contributed by atoms with van der Waals surface area (Å²) in [7, 11) is 0. The van der Waals surface area contributed by atoms with Crippen LogP contribution in [0.1, 0.15) is 33.6 Å². The van der Waals surface area contributed by atoms with E-state index in [1.807, 2.05) is 26.8 Å². The summed E-state index contributed by atoms with van der Waals surface area (Å²) in [4.78, 5) is 12.9. The van der Waals surface area contributed by atoms with Crippen molar-refractivity contribution in [2.24, 2.45) is 5.73 Å². The van der Waals surface area contributed by atoms with Gasteiger partial charge in [-0.25, -0.2) is 0 Å². The number of unbranched alkanes of at least 4 members (excludes halogenated alkanes) is 1. The molecule has 0 unspecified atom stereocenters. The SMILES string of the molecule is CCOc1cc2c(=O)n(CCCCN)ccc2c(OCC)c1OCC. The Morgan fingerprint density at radius 2 is 1.64 bits per heavy atom. The zero-order chi connectivity index (χ0) is 18.2. The summed E-state index contributed by atoms with van der Waals surface area (Å²) in [6, 6.07) is 3.66. The van der Waals surface area contributed by atoms with Crippen LogP contribution in [0.25, 0.3) is 10.8 Å². The fourth-order valence-corrected chi connectivity index (χ4v) is 2.79. The molecule has 0 saturated heterocycles. The van der Waals surface area contributed by atoms with Gasteiger partial charge in [-0.2, -0.15) is 0 Å². The van der Waals surface area contributed by atoms with E-state index in [9.17, 15) is 4.79 Å². The van der Waals surface area contributed by atoms with E-state index < -0.39 is 0 Å². The Kier molecular flexibility index (Phi) is 7.13. The molecule has 138 valence electrons. The van der Waals surface area contributed by atoms with Crippen molar-refractivity contribution in [1.82, 2.24) is 4.57 Å². The molecule has 0 atom stereocenters. The van der Waals surface area contributed by atoms with Crippen LogP contribution in [0.3, 0.4) is 0 Å². The third-order valence-corrected chi connectivity index (χ3v) is 3.88. The van der Waals surface area contributed by atoms with Crippen LogP contribution in [0.2, 0.25) is 0 Å². The number of aromatic nitrogens is 1. The average molecular weight is 348 g/mol. The molecule has 2 N–H and O–H groups in total. The second-order valence-electron chi connectivity index (χ2n) is 5.60. The molecule has 0 amide bonds. The molecule has 1 aromatic heterocycles. The first kappa shape index (κ1) is 19.1. The standard InChI is InChI=1S/C19H28N2O4/c1-4-23-16-13-15-14(17(24-5-2)18(16)25-6-3)9-12-21(19(15)22)11-8-7-10-20/h9,12-13H,4-8,10-11,20H2,1-3H3. The van der Waals surface area contributed by atoms with Crippen LogP contribution in [0.15, 0.2) is 23.1 Å². The van der Waals surface area contributed by atoms with Crippen molar-refractivity contribution >= 4 is 10.8 Å². The molecular formula is C19H28N2O4. The molecule has 0 bridgehead atoms. The lowest BCUT2D eigenvalue weighted by Crippen LogP contribution is -2.20. The number of fused-ring (bicyclic) bond motifs is 1. The minimum Gasteiger partial charge on any atom is -0.490 e. The van der Waals surface area contributed by atoms with Crippen LogP contribution in [0, 0.1) is 0 Å². The summed E-state index contributed by atoms with van der Waals surface area (Å²) in [5, 5.41) is 1.32. The van der Waals surface area contributed by atoms with Gasteiger partial charge in [0.05, 0.1) is 25.2 Å². The zero-order valence-electron chi connectivity index (χ0n) is 15.3. The molecule has 0 aliphatic carbocycles. The van der Waals surface area contributed by atoms with Crippen molar-refractivity contribution in [3.63, 3.8) is 0 Å². The molecule has 0 spiro atoms. The highest BCUT2D eigenvalue weighted by Crippen LogP contribution is 2.43. The van der Waals surface area contributed by atoms with Gasteiger partial charge >= 0.3 is 0 Å². The maximum atomic E-state index is 12.9. The smallest absolute Gasteiger partial charge is 0.258 e. The normalized spacial score (nSPS) is 10.9. The number of aryl methyl sites for hydroxylation is 1. The largest absolute Gasteiger partial charge is 0.490 e. The Hall–Kier alpha value is -2.21. The first-order valence-electron chi connectivity index (χ1n) is 8.96. The van der Waals surface area contributed by atoms with E-state index in [-0.39, 0.29) is 5.56 Å². The molecule has 2 rings (SSSR count). The second kappa shape index (κ2) is 9.32. The maximum Gasteiger partial charge on any atom is 0.258 e. The minimum absolute atomic E-state index is 0.0560. The van der Waals surface area contributed by atoms with Gasteiger partial charge in [0.1, 0.15) is 0 Å². The summed E-state index contributed by atoms with van der Waals surface area (Å²) in [5.41, 5.74) is 5.48. The zero-order valence-corrected chi connectivity index (χ0v) is 15.3. The van der Waals surface area contributed by atoms with Crippen molar-refractivity contribution in [3.8, 4) is 17.2 Å². The Morgan fingerprint density at radius 3 is 2.28 bits per heavy atom. The third-order valence-electron chi connectivity index (χ3n) is 3.88. The lowest BCUT2D eigenvalue weighted by molar-refractivity contribution is 0.263. The molecule has 2 aromatic rings. The lowest BCUT2D eigenvalue weighted by atomic mass is 10.1. The van der Waals surface area contributed by atoms with Gasteiger partial charge in [0, 0.05) is 18.1 Å². The Balaban J connectivity index is 2.63. The summed E-state index contributed by atoms with van der Waals surface area (Å²) >= 11 is 0. The van der Waals surface area contributed by atoms with Gasteiger partial charge in [-0.15, -0.1) is 0 Å². The number of nitrogens with zero attached hydrogens (tertiary/aromatic N) is 1. The van der Waals surface area contributed by atoms with Gasteiger partial charge < -0.3 is 24.5 Å². The molecule has 0 aliphatic heterocycles. The van der Waals surface area contributed by atoms with Gasteiger partial charge in [0.15, 0.2) is 11.5 Å². The lowest BCUT2D eigenvalue weighted by Gasteiger charge is -2.18. The summed E-state index contributed by atoms with van der Waals surface area (Å²) < 4.78 is 19.0. The van der Waals surface area contributed by atoms with Gasteiger partial charge in [0.2, 0.25) is 5.75 Å². The Bertz CT molecular complexity index is 755. The number of ether oxygens (including phenoxy) is 3. The highest BCUT2D eigenvalue weighted by molar-refractivity contribution is 5.92. The van der Waals surface area contributed by atoms with Gasteiger partial charge in [-0.3, -0.25) is 4.79 Å². The van der Waals surface area contributed by atoms with E-state index in [0.29, 0.717) is 55.5 Å². The Labute approximate surface area is 148 Å². The molecule has 6 nitrogen and oxygen atoms in total. The fraction of sp³-hybridized carbons (Fsp3) is 0.526. The summed E-state index contributed by atoms with van der Waals surface area (Å²) in [6.07, 6.45) is 3.57. The monoisotopic (exact) mass is 348 g/mol. The topological polar surface area (TPSA) is 75.7 Å². The van der Waals surface area contributed by atoms with Crippen molar-refractivity contribution in [2.45, 2.75) is 40.2 Å².